The van der Waals surface area contributed by atoms with Gasteiger partial charge in [-0.15, -0.1) is 0 Å². The highest BCUT2D eigenvalue weighted by Gasteiger charge is 2.33. The van der Waals surface area contributed by atoms with Crippen LogP contribution < -0.4 is 24.4 Å². The molecule has 0 saturated heterocycles. The number of carbonyl (C=O) groups is 1. The Morgan fingerprint density at radius 2 is 1.59 bits per heavy atom. The molecular formula is C38H35Cl2N3O5S. The average Bonchev–Trinajstić information content (AvgIpc) is 3.54. The van der Waals surface area contributed by atoms with Crippen molar-refractivity contribution >= 4 is 46.6 Å². The Labute approximate surface area is 298 Å². The van der Waals surface area contributed by atoms with E-state index in [1.807, 2.05) is 81.4 Å². The van der Waals surface area contributed by atoms with Crippen LogP contribution in [0.25, 0.3) is 11.8 Å². The van der Waals surface area contributed by atoms with Crippen LogP contribution in [0, 0.1) is 13.8 Å². The van der Waals surface area contributed by atoms with E-state index in [0.717, 1.165) is 39.5 Å². The molecule has 252 valence electrons. The molecule has 0 saturated carbocycles. The third-order valence-electron chi connectivity index (χ3n) is 8.27. The zero-order chi connectivity index (χ0) is 34.8. The van der Waals surface area contributed by atoms with Gasteiger partial charge in [0.25, 0.3) is 5.56 Å². The van der Waals surface area contributed by atoms with Gasteiger partial charge >= 0.3 is 5.97 Å². The van der Waals surface area contributed by atoms with E-state index in [9.17, 15) is 9.59 Å². The van der Waals surface area contributed by atoms with Crippen LogP contribution >= 0.6 is 34.5 Å². The first-order valence-electron chi connectivity index (χ1n) is 15.9. The van der Waals surface area contributed by atoms with E-state index in [4.69, 9.17) is 42.4 Å². The fraction of sp³-hybridized carbons (Fsp3) is 0.237. The summed E-state index contributed by atoms with van der Waals surface area (Å²) in [4.78, 5) is 32.6. The standard InChI is InChI=1S/C38H35Cl2N3O5S/c1-6-46-29-13-9-26(10-14-29)35-34(37(45)47-7-2)23(4)41-38-43(35)36(44)33(49-38)20-27-18-22(3)42(24(27)5)28-11-15-30(16-12-28)48-21-25-8-17-31(39)32(40)19-25/h8-20,35H,6-7,21H2,1-5H3/b33-20-/t35-/m0/s1. The number of ether oxygens (including phenoxy) is 3. The summed E-state index contributed by atoms with van der Waals surface area (Å²) in [6.07, 6.45) is 1.90. The maximum Gasteiger partial charge on any atom is 0.338 e. The lowest BCUT2D eigenvalue weighted by molar-refractivity contribution is -0.139. The second-order valence-electron chi connectivity index (χ2n) is 11.5. The Morgan fingerprint density at radius 1 is 0.898 bits per heavy atom. The Balaban J connectivity index is 1.33. The highest BCUT2D eigenvalue weighted by atomic mass is 35.5. The van der Waals surface area contributed by atoms with Gasteiger partial charge in [-0.2, -0.15) is 0 Å². The first-order valence-corrected chi connectivity index (χ1v) is 17.4. The molecule has 1 aliphatic heterocycles. The Bertz CT molecular complexity index is 2250. The van der Waals surface area contributed by atoms with Crippen molar-refractivity contribution < 1.29 is 19.0 Å². The molecular weight excluding hydrogens is 681 g/mol. The van der Waals surface area contributed by atoms with Crippen molar-refractivity contribution in [1.82, 2.24) is 9.13 Å². The molecule has 49 heavy (non-hydrogen) atoms. The fourth-order valence-electron chi connectivity index (χ4n) is 5.98. The summed E-state index contributed by atoms with van der Waals surface area (Å²) < 4.78 is 21.3. The largest absolute Gasteiger partial charge is 0.494 e. The molecule has 3 aromatic carbocycles. The van der Waals surface area contributed by atoms with Crippen LogP contribution in [0.4, 0.5) is 0 Å². The maximum atomic E-state index is 14.2. The van der Waals surface area contributed by atoms with Crippen LogP contribution in [0.5, 0.6) is 11.5 Å². The van der Waals surface area contributed by atoms with Gasteiger partial charge in [0.1, 0.15) is 18.1 Å². The van der Waals surface area contributed by atoms with Crippen LogP contribution in [0.15, 0.2) is 93.9 Å². The Hall–Kier alpha value is -4.57. The van der Waals surface area contributed by atoms with Gasteiger partial charge in [0, 0.05) is 17.1 Å². The molecule has 1 aliphatic rings. The quantitative estimate of drug-likeness (QED) is 0.140. The van der Waals surface area contributed by atoms with Crippen LogP contribution in [0.3, 0.4) is 0 Å². The topological polar surface area (TPSA) is 84.0 Å². The number of halogens is 2. The van der Waals surface area contributed by atoms with E-state index in [1.165, 1.54) is 11.3 Å². The van der Waals surface area contributed by atoms with E-state index in [-0.39, 0.29) is 12.2 Å². The lowest BCUT2D eigenvalue weighted by atomic mass is 9.96. The molecule has 3 heterocycles. The fourth-order valence-corrected chi connectivity index (χ4v) is 7.34. The summed E-state index contributed by atoms with van der Waals surface area (Å²) in [7, 11) is 0. The maximum absolute atomic E-state index is 14.2. The third kappa shape index (κ3) is 6.97. The van der Waals surface area contributed by atoms with Crippen molar-refractivity contribution in [3.05, 3.63) is 142 Å². The van der Waals surface area contributed by atoms with Gasteiger partial charge in [-0.1, -0.05) is 52.7 Å². The molecule has 0 spiro atoms. The van der Waals surface area contributed by atoms with Crippen LogP contribution in [-0.2, 0) is 16.1 Å². The number of carbonyl (C=O) groups excluding carboxylic acids is 1. The summed E-state index contributed by atoms with van der Waals surface area (Å²) in [6, 6.07) is 22.1. The van der Waals surface area contributed by atoms with Crippen molar-refractivity contribution in [2.45, 2.75) is 47.3 Å². The van der Waals surface area contributed by atoms with E-state index in [1.54, 1.807) is 30.5 Å². The number of hydrogen-bond donors (Lipinski definition) is 0. The predicted octanol–water partition coefficient (Wildman–Crippen LogP) is 7.49. The van der Waals surface area contributed by atoms with Crippen molar-refractivity contribution in [3.63, 3.8) is 0 Å². The third-order valence-corrected chi connectivity index (χ3v) is 9.99. The van der Waals surface area contributed by atoms with Crippen molar-refractivity contribution in [2.75, 3.05) is 13.2 Å². The summed E-state index contributed by atoms with van der Waals surface area (Å²) >= 11 is 13.5. The van der Waals surface area contributed by atoms with E-state index >= 15 is 0 Å². The molecule has 11 heteroatoms. The number of rotatable bonds is 10. The molecule has 0 aliphatic carbocycles. The van der Waals surface area contributed by atoms with Gasteiger partial charge < -0.3 is 18.8 Å². The minimum absolute atomic E-state index is 0.208. The van der Waals surface area contributed by atoms with Gasteiger partial charge in [-0.3, -0.25) is 9.36 Å². The first-order chi connectivity index (χ1) is 23.6. The monoisotopic (exact) mass is 715 g/mol. The molecule has 0 radical (unpaired) electrons. The number of aryl methyl sites for hydroxylation is 1. The summed E-state index contributed by atoms with van der Waals surface area (Å²) in [5, 5.41) is 0.996. The average molecular weight is 717 g/mol. The van der Waals surface area contributed by atoms with Gasteiger partial charge in [0.2, 0.25) is 0 Å². The lowest BCUT2D eigenvalue weighted by Crippen LogP contribution is -2.39. The second-order valence-corrected chi connectivity index (χ2v) is 13.3. The van der Waals surface area contributed by atoms with Gasteiger partial charge in [-0.05, 0) is 112 Å². The zero-order valence-electron chi connectivity index (χ0n) is 27.8. The number of nitrogens with zero attached hydrogens (tertiary/aromatic N) is 3. The van der Waals surface area contributed by atoms with E-state index in [2.05, 4.69) is 10.6 Å². The van der Waals surface area contributed by atoms with E-state index < -0.39 is 12.0 Å². The Morgan fingerprint density at radius 3 is 2.27 bits per heavy atom. The van der Waals surface area contributed by atoms with Gasteiger partial charge in [-0.25, -0.2) is 9.79 Å². The molecule has 5 aromatic rings. The van der Waals surface area contributed by atoms with Crippen LogP contribution in [-0.4, -0.2) is 28.3 Å². The smallest absolute Gasteiger partial charge is 0.338 e. The molecule has 6 rings (SSSR count). The van der Waals surface area contributed by atoms with Gasteiger partial charge in [0.05, 0.1) is 45.1 Å². The second kappa shape index (κ2) is 14.5. The minimum atomic E-state index is -0.696. The lowest BCUT2D eigenvalue weighted by Gasteiger charge is -2.24. The molecule has 0 N–H and O–H groups in total. The number of fused-ring (bicyclic) bond motifs is 1. The van der Waals surface area contributed by atoms with Crippen LogP contribution in [0.2, 0.25) is 10.0 Å². The van der Waals surface area contributed by atoms with Crippen molar-refractivity contribution in [3.8, 4) is 17.2 Å². The zero-order valence-corrected chi connectivity index (χ0v) is 30.1. The molecule has 2 aromatic heterocycles. The number of hydrogen-bond acceptors (Lipinski definition) is 7. The summed E-state index contributed by atoms with van der Waals surface area (Å²) in [5.74, 6) is 0.933. The van der Waals surface area contributed by atoms with Crippen LogP contribution in [0.1, 0.15) is 54.9 Å². The molecule has 1 atom stereocenters. The Kier molecular flexibility index (Phi) is 10.2. The predicted molar refractivity (Wildman–Crippen MR) is 194 cm³/mol. The summed E-state index contributed by atoms with van der Waals surface area (Å²) in [5.41, 5.74) is 6.16. The van der Waals surface area contributed by atoms with Crippen molar-refractivity contribution in [2.24, 2.45) is 4.99 Å². The molecule has 0 bridgehead atoms. The molecule has 8 nitrogen and oxygen atoms in total. The van der Waals surface area contributed by atoms with Crippen molar-refractivity contribution in [1.29, 1.82) is 0 Å². The highest BCUT2D eigenvalue weighted by Crippen LogP contribution is 2.32. The number of aromatic nitrogens is 2. The molecule has 0 amide bonds. The summed E-state index contributed by atoms with van der Waals surface area (Å²) in [6.45, 7) is 10.6. The molecule has 0 fully saturated rings. The molecule has 0 unspecified atom stereocenters. The number of benzene rings is 3. The SMILES string of the molecule is CCOC(=O)C1=C(C)N=c2s/c(=C\c3cc(C)n(-c4ccc(OCc5ccc(Cl)c(Cl)c5)cc4)c3C)c(=O)n2[C@H]1c1ccc(OCC)cc1. The normalized spacial score (nSPS) is 14.4. The first kappa shape index (κ1) is 34.3. The number of thiazole rings is 1. The van der Waals surface area contributed by atoms with Gasteiger partial charge in [0.15, 0.2) is 4.80 Å². The van der Waals surface area contributed by atoms with E-state index in [0.29, 0.717) is 49.6 Å². The minimum Gasteiger partial charge on any atom is -0.494 e. The highest BCUT2D eigenvalue weighted by molar-refractivity contribution is 7.07. The number of allylic oxidation sites excluding steroid dienone is 1. The number of esters is 1.